The summed E-state index contributed by atoms with van der Waals surface area (Å²) in [6.45, 7) is 13.4. The summed E-state index contributed by atoms with van der Waals surface area (Å²) >= 11 is 0. The van der Waals surface area contributed by atoms with Crippen LogP contribution in [0.5, 0.6) is 0 Å². The van der Waals surface area contributed by atoms with Crippen LogP contribution in [-0.4, -0.2) is 261 Å². The standard InChI is InChI=1S/C55H92O24/c1-23(2)10-9-13-54(7,73-22-30-40(65)41(66)39(64)29(74-30)21-72-48-45(70)42(67)36(61)26(18-56)75-48)24-11-15-53(6)35(24)25(59)16-32-52(5)14-12-34(51(3,4)31(52)17-33(60)55(32,53)8)78-50-47(44(69)38(63)28(20-58)77-50)79-49-46(71)43(68)37(62)27(19-57)76-49/h10,17,24-30,32-50,56-71H,9,11-16,18-22H2,1-8H3/t24-,25+,26+,27+,28+,29+,30-,32+,33-,34-,35-,36+,37+,38+,39+,40-,41-,42-,43-,44-,45+,46+,47+,48+,49-,50-,52-,53+,54-,55-/m0/s1. The highest BCUT2D eigenvalue weighted by Gasteiger charge is 2.73. The molecule has 7 fully saturated rings. The fourth-order valence-corrected chi connectivity index (χ4v) is 15.7. The van der Waals surface area contributed by atoms with Gasteiger partial charge < -0.3 is 120 Å². The van der Waals surface area contributed by atoms with Gasteiger partial charge in [-0.1, -0.05) is 57.9 Å². The molecule has 16 N–H and O–H groups in total. The van der Waals surface area contributed by atoms with Crippen molar-refractivity contribution in [3.05, 3.63) is 23.3 Å². The SMILES string of the molecule is CC(C)=CCC[C@](C)(OC[C@@H]1O[C@H](CO[C@@H]2O[C@H](CO)[C@@H](O)[C@H](O)[C@H]2O)[C@@H](O)[C@H](O)[C@H]1O)[C@H]1CC[C@]2(C)[C@@H]1[C@H](O)C[C@H]1[C@@]2(C)[C@@H](O)C=C2C(C)(C)[C@@H](O[C@@H]3O[C@H](CO)[C@@H](O)[C@H](O)[C@H]3O[C@@H]3O[C@H](CO)[C@@H](O)[C@H](O)[C@H]3O)CC[C@@]21C. The molecule has 0 spiro atoms. The second-order valence-corrected chi connectivity index (χ2v) is 25.7. The van der Waals surface area contributed by atoms with Gasteiger partial charge in [-0.2, -0.15) is 0 Å². The van der Waals surface area contributed by atoms with Gasteiger partial charge in [-0.25, -0.2) is 0 Å². The van der Waals surface area contributed by atoms with Gasteiger partial charge >= 0.3 is 0 Å². The fourth-order valence-electron chi connectivity index (χ4n) is 15.7. The van der Waals surface area contributed by atoms with Gasteiger partial charge in [-0.3, -0.25) is 0 Å². The van der Waals surface area contributed by atoms with Gasteiger partial charge in [0.25, 0.3) is 0 Å². The van der Waals surface area contributed by atoms with Crippen LogP contribution in [0.1, 0.15) is 100 Å². The molecule has 4 aliphatic heterocycles. The Kier molecular flexibility index (Phi) is 19.4. The van der Waals surface area contributed by atoms with Gasteiger partial charge in [-0.15, -0.1) is 0 Å². The topological polar surface area (TPSA) is 398 Å². The maximum absolute atomic E-state index is 12.9. The Balaban J connectivity index is 1.02. The first-order valence-corrected chi connectivity index (χ1v) is 28.2. The molecule has 4 aliphatic carbocycles. The van der Waals surface area contributed by atoms with Gasteiger partial charge in [0.2, 0.25) is 0 Å². The zero-order valence-corrected chi connectivity index (χ0v) is 46.6. The number of aliphatic hydroxyl groups excluding tert-OH is 16. The van der Waals surface area contributed by atoms with E-state index >= 15 is 0 Å². The van der Waals surface area contributed by atoms with Crippen molar-refractivity contribution in [1.29, 1.82) is 0 Å². The largest absolute Gasteiger partial charge is 0.394 e. The lowest BCUT2D eigenvalue weighted by Gasteiger charge is -2.69. The first-order chi connectivity index (χ1) is 37.0. The third-order valence-corrected chi connectivity index (χ3v) is 20.6. The van der Waals surface area contributed by atoms with Gasteiger partial charge in [0, 0.05) is 10.8 Å². The first-order valence-electron chi connectivity index (χ1n) is 28.2. The lowest BCUT2D eigenvalue weighted by atomic mass is 9.37. The number of hydrogen-bond acceptors (Lipinski definition) is 24. The molecule has 24 heteroatoms. The monoisotopic (exact) mass is 1140 g/mol. The highest BCUT2D eigenvalue weighted by Crippen LogP contribution is 2.75. The van der Waals surface area contributed by atoms with E-state index in [1.165, 1.54) is 0 Å². The zero-order chi connectivity index (χ0) is 58.2. The number of fused-ring (bicyclic) bond motifs is 5. The molecule has 0 unspecified atom stereocenters. The summed E-state index contributed by atoms with van der Waals surface area (Å²) in [6.07, 6.45) is -26.7. The minimum atomic E-state index is -1.85. The summed E-state index contributed by atoms with van der Waals surface area (Å²) in [5.74, 6) is -0.970. The van der Waals surface area contributed by atoms with Crippen molar-refractivity contribution in [2.75, 3.05) is 33.0 Å². The van der Waals surface area contributed by atoms with Crippen LogP contribution in [0.15, 0.2) is 23.3 Å². The number of rotatable bonds is 17. The Labute approximate surface area is 461 Å². The molecule has 30 atom stereocenters. The smallest absolute Gasteiger partial charge is 0.187 e. The molecule has 0 bridgehead atoms. The Morgan fingerprint density at radius 1 is 0.608 bits per heavy atom. The minimum Gasteiger partial charge on any atom is -0.394 e. The molecule has 456 valence electrons. The normalized spacial score (nSPS) is 51.6. The zero-order valence-electron chi connectivity index (χ0n) is 46.6. The number of hydrogen-bond donors (Lipinski definition) is 16. The maximum atomic E-state index is 12.9. The van der Waals surface area contributed by atoms with Crippen LogP contribution in [0.4, 0.5) is 0 Å². The van der Waals surface area contributed by atoms with Gasteiger partial charge in [0.1, 0.15) is 104 Å². The maximum Gasteiger partial charge on any atom is 0.187 e. The molecule has 4 heterocycles. The van der Waals surface area contributed by atoms with E-state index in [1.54, 1.807) is 0 Å². The molecule has 24 nitrogen and oxygen atoms in total. The van der Waals surface area contributed by atoms with Crippen molar-refractivity contribution in [1.82, 2.24) is 0 Å². The number of allylic oxidation sites excluding steroid dienone is 2. The van der Waals surface area contributed by atoms with Crippen LogP contribution in [0.3, 0.4) is 0 Å². The number of aliphatic hydroxyl groups is 16. The summed E-state index contributed by atoms with van der Waals surface area (Å²) in [6, 6.07) is 0. The molecule has 0 aromatic carbocycles. The molecule has 0 aromatic heterocycles. The third-order valence-electron chi connectivity index (χ3n) is 20.6. The fraction of sp³-hybridized carbons (Fsp3) is 0.927. The van der Waals surface area contributed by atoms with E-state index in [-0.39, 0.29) is 18.4 Å². The summed E-state index contributed by atoms with van der Waals surface area (Å²) in [5.41, 5.74) is -2.01. The van der Waals surface area contributed by atoms with Crippen LogP contribution in [-0.2, 0) is 37.9 Å². The van der Waals surface area contributed by atoms with E-state index in [0.717, 1.165) is 11.1 Å². The predicted molar refractivity (Wildman–Crippen MR) is 272 cm³/mol. The Morgan fingerprint density at radius 3 is 1.71 bits per heavy atom. The highest BCUT2D eigenvalue weighted by atomic mass is 16.8. The third kappa shape index (κ3) is 11.1. The summed E-state index contributed by atoms with van der Waals surface area (Å²) in [5, 5.41) is 174. The number of ether oxygens (including phenoxy) is 8. The molecule has 0 aromatic rings. The molecular weight excluding hydrogens is 1040 g/mol. The molecule has 8 rings (SSSR count). The second-order valence-electron chi connectivity index (χ2n) is 25.7. The van der Waals surface area contributed by atoms with Crippen molar-refractivity contribution in [3.63, 3.8) is 0 Å². The summed E-state index contributed by atoms with van der Waals surface area (Å²) < 4.78 is 48.6. The van der Waals surface area contributed by atoms with E-state index in [0.29, 0.717) is 44.9 Å². The van der Waals surface area contributed by atoms with Gasteiger partial charge in [-0.05, 0) is 94.3 Å². The first kappa shape index (κ1) is 63.5. The summed E-state index contributed by atoms with van der Waals surface area (Å²) in [7, 11) is 0. The van der Waals surface area contributed by atoms with Crippen molar-refractivity contribution < 1.29 is 120 Å². The van der Waals surface area contributed by atoms with Crippen LogP contribution in [0, 0.1) is 39.4 Å². The summed E-state index contributed by atoms with van der Waals surface area (Å²) in [4.78, 5) is 0. The molecular formula is C55H92O24. The molecule has 3 saturated carbocycles. The van der Waals surface area contributed by atoms with Crippen molar-refractivity contribution in [3.8, 4) is 0 Å². The van der Waals surface area contributed by atoms with Crippen molar-refractivity contribution in [2.45, 2.75) is 247 Å². The van der Waals surface area contributed by atoms with Crippen LogP contribution >= 0.6 is 0 Å². The van der Waals surface area contributed by atoms with Crippen LogP contribution in [0.25, 0.3) is 0 Å². The van der Waals surface area contributed by atoms with E-state index in [2.05, 4.69) is 26.8 Å². The van der Waals surface area contributed by atoms with E-state index in [4.69, 9.17) is 37.9 Å². The average molecular weight is 1140 g/mol. The quantitative estimate of drug-likeness (QED) is 0.0636. The molecule has 8 aliphatic rings. The Morgan fingerprint density at radius 2 is 1.13 bits per heavy atom. The minimum absolute atomic E-state index is 0.263. The Hall–Kier alpha value is -1.48. The van der Waals surface area contributed by atoms with Crippen molar-refractivity contribution >= 4 is 0 Å². The molecule has 79 heavy (non-hydrogen) atoms. The van der Waals surface area contributed by atoms with Crippen LogP contribution < -0.4 is 0 Å². The van der Waals surface area contributed by atoms with Crippen LogP contribution in [0.2, 0.25) is 0 Å². The van der Waals surface area contributed by atoms with Crippen molar-refractivity contribution in [2.24, 2.45) is 39.4 Å². The van der Waals surface area contributed by atoms with Gasteiger partial charge in [0.15, 0.2) is 18.9 Å². The van der Waals surface area contributed by atoms with E-state index in [1.807, 2.05) is 40.7 Å². The van der Waals surface area contributed by atoms with E-state index in [9.17, 15) is 81.7 Å². The Bertz CT molecular complexity index is 2110. The van der Waals surface area contributed by atoms with Gasteiger partial charge in [0.05, 0.1) is 56.9 Å². The highest BCUT2D eigenvalue weighted by molar-refractivity contribution is 5.36. The lowest BCUT2D eigenvalue weighted by molar-refractivity contribution is -0.375. The molecule has 0 radical (unpaired) electrons. The molecule has 0 amide bonds. The second kappa shape index (κ2) is 24.1. The average Bonchev–Trinajstić information content (AvgIpc) is 4.09. The molecule has 4 saturated heterocycles. The lowest BCUT2D eigenvalue weighted by Crippen LogP contribution is -2.68. The van der Waals surface area contributed by atoms with E-state index < -0.39 is 201 Å². The predicted octanol–water partition coefficient (Wildman–Crippen LogP) is -3.27.